The molecule has 0 bridgehead atoms. The van der Waals surface area contributed by atoms with Crippen molar-refractivity contribution in [3.05, 3.63) is 0 Å². The van der Waals surface area contributed by atoms with E-state index in [1.54, 1.807) is 0 Å². The maximum Gasteiger partial charge on any atom is 0.431 e. The highest BCUT2D eigenvalue weighted by Gasteiger charge is 2.66. The first-order chi connectivity index (χ1) is 18.4. The Morgan fingerprint density at radius 2 is 1.73 bits per heavy atom. The molecule has 226 valence electrons. The topological polar surface area (TPSA) is 132 Å². The fourth-order valence-corrected chi connectivity index (χ4v) is 8.70. The van der Waals surface area contributed by atoms with Gasteiger partial charge in [0.15, 0.2) is 0 Å². The van der Waals surface area contributed by atoms with Gasteiger partial charge in [0.25, 0.3) is 0 Å². The fraction of sp³-hybridized carbons (Fsp3) is 0.852. The maximum absolute atomic E-state index is 13.7. The fourth-order valence-electron chi connectivity index (χ4n) is 8.22. The Morgan fingerprint density at radius 1 is 1.05 bits per heavy atom. The maximum atomic E-state index is 13.7. The summed E-state index contributed by atoms with van der Waals surface area (Å²) in [7, 11) is -6.36. The third-order valence-corrected chi connectivity index (χ3v) is 11.6. The van der Waals surface area contributed by atoms with Crippen molar-refractivity contribution in [2.24, 2.45) is 40.4 Å². The van der Waals surface area contributed by atoms with Gasteiger partial charge in [-0.25, -0.2) is 0 Å². The van der Waals surface area contributed by atoms with Gasteiger partial charge in [-0.05, 0) is 61.2 Å². The Balaban J connectivity index is 1.33. The van der Waals surface area contributed by atoms with Crippen molar-refractivity contribution in [2.45, 2.75) is 95.7 Å². The summed E-state index contributed by atoms with van der Waals surface area (Å²) >= 11 is 0. The number of carbonyl (C=O) groups is 4. The van der Waals surface area contributed by atoms with Crippen molar-refractivity contribution < 1.29 is 54.4 Å². The molecule has 4 aliphatic carbocycles. The molecule has 4 saturated carbocycles. The van der Waals surface area contributed by atoms with E-state index in [0.717, 1.165) is 0 Å². The molecule has 0 heterocycles. The van der Waals surface area contributed by atoms with Crippen LogP contribution in [-0.4, -0.2) is 54.1 Å². The summed E-state index contributed by atoms with van der Waals surface area (Å²) in [6.07, 6.45) is 2.26. The van der Waals surface area contributed by atoms with Crippen molar-refractivity contribution in [1.82, 2.24) is 0 Å². The Labute approximate surface area is 230 Å². The molecule has 0 aromatic carbocycles. The van der Waals surface area contributed by atoms with E-state index in [2.05, 4.69) is 11.7 Å². The van der Waals surface area contributed by atoms with Gasteiger partial charge < -0.3 is 4.74 Å². The van der Waals surface area contributed by atoms with Gasteiger partial charge in [-0.2, -0.15) is 26.0 Å². The summed E-state index contributed by atoms with van der Waals surface area (Å²) in [5, 5.41) is -5.72. The van der Waals surface area contributed by atoms with Gasteiger partial charge >= 0.3 is 27.3 Å². The molecular weight excluding hydrogens is 560 g/mol. The summed E-state index contributed by atoms with van der Waals surface area (Å²) in [5.41, 5.74) is -0.967. The molecule has 7 atom stereocenters. The molecule has 0 spiro atoms. The van der Waals surface area contributed by atoms with E-state index >= 15 is 0 Å². The van der Waals surface area contributed by atoms with Gasteiger partial charge in [0.1, 0.15) is 17.3 Å². The van der Waals surface area contributed by atoms with Gasteiger partial charge in [0, 0.05) is 43.4 Å². The number of hydrogen-bond donors (Lipinski definition) is 1. The van der Waals surface area contributed by atoms with Gasteiger partial charge in [-0.3, -0.25) is 23.7 Å². The van der Waals surface area contributed by atoms with Crippen LogP contribution in [0.2, 0.25) is 0 Å². The molecular formula is C27H36F4O8S. The number of ether oxygens (including phenoxy) is 1. The minimum Gasteiger partial charge on any atom is -0.465 e. The molecule has 1 N–H and O–H groups in total. The zero-order chi connectivity index (χ0) is 29.9. The van der Waals surface area contributed by atoms with Crippen molar-refractivity contribution in [3.8, 4) is 0 Å². The smallest absolute Gasteiger partial charge is 0.431 e. The third-order valence-electron chi connectivity index (χ3n) is 10.7. The van der Waals surface area contributed by atoms with Crippen LogP contribution in [0.4, 0.5) is 17.6 Å². The first-order valence-electron chi connectivity index (χ1n) is 13.8. The number of carbonyl (C=O) groups excluding carboxylic acids is 4. The molecule has 0 aliphatic heterocycles. The first-order valence-corrected chi connectivity index (χ1v) is 15.3. The summed E-state index contributed by atoms with van der Waals surface area (Å²) in [6.45, 7) is 2.85. The van der Waals surface area contributed by atoms with Crippen LogP contribution in [0.15, 0.2) is 0 Å². The van der Waals surface area contributed by atoms with Crippen molar-refractivity contribution >= 4 is 33.4 Å². The van der Waals surface area contributed by atoms with Crippen LogP contribution in [0.1, 0.15) is 84.5 Å². The van der Waals surface area contributed by atoms with E-state index in [1.807, 2.05) is 6.92 Å². The number of rotatable bonds is 9. The summed E-state index contributed by atoms with van der Waals surface area (Å²) in [5.74, 6) is -6.25. The summed E-state index contributed by atoms with van der Waals surface area (Å²) in [6, 6.07) is 0. The number of halogens is 4. The summed E-state index contributed by atoms with van der Waals surface area (Å²) < 4.78 is 87.8. The molecule has 8 nitrogen and oxygen atoms in total. The first kappa shape index (κ1) is 31.1. The third kappa shape index (κ3) is 5.03. The van der Waals surface area contributed by atoms with Crippen LogP contribution in [0.5, 0.6) is 0 Å². The molecule has 0 radical (unpaired) electrons. The average Bonchev–Trinajstić information content (AvgIpc) is 3.17. The standard InChI is InChI=1S/C27H36F4O8S/c1-24-9-8-17(32)12-16(24)13-20(33)23-18-7-6-15(25(18,2)21(34)14-19(23)24)4-3-5-22(35)39-11-10-26(28,29)27(30,31)40(36,37)38/h15-16,18-19,23H,3-14H2,1-2H3,(H,36,37,38). The van der Waals surface area contributed by atoms with Gasteiger partial charge in [0.05, 0.1) is 13.0 Å². The molecule has 0 aromatic heterocycles. The van der Waals surface area contributed by atoms with E-state index in [4.69, 9.17) is 4.55 Å². The van der Waals surface area contributed by atoms with Gasteiger partial charge in [0.2, 0.25) is 0 Å². The number of alkyl halides is 4. The predicted molar refractivity (Wildman–Crippen MR) is 132 cm³/mol. The van der Waals surface area contributed by atoms with E-state index in [9.17, 15) is 45.2 Å². The van der Waals surface area contributed by atoms with E-state index in [-0.39, 0.29) is 71.6 Å². The Bertz CT molecular complexity index is 1190. The second kappa shape index (κ2) is 10.4. The molecule has 4 aliphatic rings. The van der Waals surface area contributed by atoms with Gasteiger partial charge in [-0.1, -0.05) is 13.8 Å². The Hall–Kier alpha value is -1.89. The number of hydrogen-bond acceptors (Lipinski definition) is 7. The highest BCUT2D eigenvalue weighted by atomic mass is 32.2. The average molecular weight is 597 g/mol. The highest BCUT2D eigenvalue weighted by Crippen LogP contribution is 2.65. The molecule has 7 unspecified atom stereocenters. The summed E-state index contributed by atoms with van der Waals surface area (Å²) in [4.78, 5) is 51.2. The molecule has 4 rings (SSSR count). The zero-order valence-electron chi connectivity index (χ0n) is 22.6. The molecule has 0 saturated heterocycles. The van der Waals surface area contributed by atoms with Crippen molar-refractivity contribution in [2.75, 3.05) is 6.61 Å². The van der Waals surface area contributed by atoms with Crippen molar-refractivity contribution in [3.63, 3.8) is 0 Å². The van der Waals surface area contributed by atoms with Gasteiger partial charge in [-0.15, -0.1) is 0 Å². The minimum absolute atomic E-state index is 0.0258. The van der Waals surface area contributed by atoms with Crippen LogP contribution >= 0.6 is 0 Å². The molecule has 4 fully saturated rings. The Kier molecular flexibility index (Phi) is 8.10. The number of esters is 1. The molecule has 0 aromatic rings. The lowest BCUT2D eigenvalue weighted by Crippen LogP contribution is -2.59. The second-order valence-corrected chi connectivity index (χ2v) is 14.1. The van der Waals surface area contributed by atoms with Crippen LogP contribution in [-0.2, 0) is 34.0 Å². The predicted octanol–water partition coefficient (Wildman–Crippen LogP) is 4.79. The lowest BCUT2D eigenvalue weighted by atomic mass is 9.44. The molecule has 40 heavy (non-hydrogen) atoms. The van der Waals surface area contributed by atoms with Crippen LogP contribution < -0.4 is 0 Å². The normalized spacial score (nSPS) is 36.6. The quantitative estimate of drug-likeness (QED) is 0.228. The van der Waals surface area contributed by atoms with E-state index in [1.165, 1.54) is 0 Å². The zero-order valence-corrected chi connectivity index (χ0v) is 23.4. The minimum atomic E-state index is -6.36. The van der Waals surface area contributed by atoms with E-state index in [0.29, 0.717) is 44.9 Å². The number of Topliss-reactive ketones (excluding diaryl/α,β-unsaturated/α-hetero) is 3. The second-order valence-electron chi connectivity index (χ2n) is 12.6. The Morgan fingerprint density at radius 3 is 2.38 bits per heavy atom. The van der Waals surface area contributed by atoms with Crippen molar-refractivity contribution in [1.29, 1.82) is 0 Å². The molecule has 13 heteroatoms. The van der Waals surface area contributed by atoms with Crippen LogP contribution in [0.3, 0.4) is 0 Å². The van der Waals surface area contributed by atoms with Crippen LogP contribution in [0.25, 0.3) is 0 Å². The largest absolute Gasteiger partial charge is 0.465 e. The monoisotopic (exact) mass is 596 g/mol. The SMILES string of the molecule is CC12CCC(=O)CC1CC(=O)C1C2CC(=O)C2(C)C(CCCC(=O)OCCC(F)(F)C(F)(F)S(=O)(=O)O)CCC12. The number of ketones is 3. The van der Waals surface area contributed by atoms with Crippen LogP contribution in [0, 0.1) is 40.4 Å². The lowest BCUT2D eigenvalue weighted by Gasteiger charge is -2.58. The highest BCUT2D eigenvalue weighted by molar-refractivity contribution is 7.87. The number of fused-ring (bicyclic) bond motifs is 5. The van der Waals surface area contributed by atoms with E-state index < -0.39 is 45.7 Å². The molecule has 0 amide bonds. The lowest BCUT2D eigenvalue weighted by molar-refractivity contribution is -0.174.